The van der Waals surface area contributed by atoms with Crippen LogP contribution in [0.3, 0.4) is 0 Å². The maximum atomic E-state index is 13.2. The summed E-state index contributed by atoms with van der Waals surface area (Å²) in [5.74, 6) is -0.664. The number of ether oxygens (including phenoxy) is 1. The van der Waals surface area contributed by atoms with Crippen molar-refractivity contribution < 1.29 is 22.7 Å². The third kappa shape index (κ3) is 7.51. The maximum Gasteiger partial charge on any atom is 0.410 e. The van der Waals surface area contributed by atoms with Gasteiger partial charge >= 0.3 is 6.09 Å². The Hall–Kier alpha value is -4.19. The number of likely N-dealkylation sites (tertiary alicyclic amines) is 1. The van der Waals surface area contributed by atoms with Crippen molar-refractivity contribution in [3.8, 4) is 11.3 Å². The van der Waals surface area contributed by atoms with Gasteiger partial charge in [-0.1, -0.05) is 24.3 Å². The number of sulfonamides is 1. The Morgan fingerprint density at radius 3 is 2.29 bits per heavy atom. The lowest BCUT2D eigenvalue weighted by atomic mass is 10.00. The second-order valence-corrected chi connectivity index (χ2v) is 12.8. The number of carbonyl (C=O) groups is 2. The molecule has 218 valence electrons. The Bertz CT molecular complexity index is 1600. The van der Waals surface area contributed by atoms with Crippen LogP contribution in [-0.4, -0.2) is 60.0 Å². The Morgan fingerprint density at radius 2 is 1.66 bits per heavy atom. The number of nitrogens with zero attached hydrogens (tertiary/aromatic N) is 2. The number of piperidine rings is 1. The minimum atomic E-state index is -4.19. The summed E-state index contributed by atoms with van der Waals surface area (Å²) >= 11 is 0. The summed E-state index contributed by atoms with van der Waals surface area (Å²) in [6, 6.07) is 12.4. The highest BCUT2D eigenvalue weighted by Crippen LogP contribution is 2.25. The largest absolute Gasteiger partial charge is 0.444 e. The molecule has 1 aliphatic rings. The number of amides is 2. The van der Waals surface area contributed by atoms with Gasteiger partial charge in [0.1, 0.15) is 5.60 Å². The topological polar surface area (TPSA) is 151 Å². The number of aromatic amines is 1. The van der Waals surface area contributed by atoms with Crippen molar-refractivity contribution in [1.82, 2.24) is 20.2 Å². The summed E-state index contributed by atoms with van der Waals surface area (Å²) in [7, 11) is -4.19. The number of aromatic nitrogens is 2. The smallest absolute Gasteiger partial charge is 0.410 e. The van der Waals surface area contributed by atoms with Gasteiger partial charge in [-0.25, -0.2) is 22.9 Å². The molecule has 2 amide bonds. The molecule has 1 aliphatic heterocycles. The number of hydrogen-bond donors (Lipinski definition) is 3. The first-order chi connectivity index (χ1) is 19.2. The average molecular weight is 582 g/mol. The van der Waals surface area contributed by atoms with E-state index in [0.717, 1.165) is 16.7 Å². The summed E-state index contributed by atoms with van der Waals surface area (Å²) in [6.45, 7) is 10.1. The van der Waals surface area contributed by atoms with Crippen LogP contribution in [0.4, 0.5) is 10.7 Å². The molecular formula is C29H35N5O6S. The molecule has 2 aromatic carbocycles. The number of benzene rings is 2. The van der Waals surface area contributed by atoms with Crippen molar-refractivity contribution in [2.45, 2.75) is 64.0 Å². The van der Waals surface area contributed by atoms with Crippen molar-refractivity contribution in [1.29, 1.82) is 0 Å². The van der Waals surface area contributed by atoms with Crippen LogP contribution in [0.15, 0.2) is 58.2 Å². The van der Waals surface area contributed by atoms with Gasteiger partial charge in [0.2, 0.25) is 5.95 Å². The highest BCUT2D eigenvalue weighted by atomic mass is 32.2. The highest BCUT2D eigenvalue weighted by molar-refractivity contribution is 7.92. The van der Waals surface area contributed by atoms with Crippen molar-refractivity contribution in [2.75, 3.05) is 17.8 Å². The third-order valence-electron chi connectivity index (χ3n) is 6.60. The molecule has 11 nitrogen and oxygen atoms in total. The van der Waals surface area contributed by atoms with Crippen molar-refractivity contribution in [2.24, 2.45) is 0 Å². The number of hydrogen-bond acceptors (Lipinski definition) is 7. The molecule has 1 aromatic heterocycles. The molecule has 41 heavy (non-hydrogen) atoms. The Morgan fingerprint density at radius 1 is 1.02 bits per heavy atom. The Labute approximate surface area is 239 Å². The number of carbonyl (C=O) groups excluding carboxylic acids is 2. The summed E-state index contributed by atoms with van der Waals surface area (Å²) in [4.78, 5) is 45.9. The molecule has 2 heterocycles. The molecule has 0 unspecified atom stereocenters. The zero-order valence-corrected chi connectivity index (χ0v) is 24.6. The van der Waals surface area contributed by atoms with Crippen LogP contribution in [0, 0.1) is 13.8 Å². The van der Waals surface area contributed by atoms with E-state index in [2.05, 4.69) is 20.0 Å². The van der Waals surface area contributed by atoms with Gasteiger partial charge in [0.05, 0.1) is 10.6 Å². The number of H-pyrrole nitrogens is 1. The monoisotopic (exact) mass is 581 g/mol. The summed E-state index contributed by atoms with van der Waals surface area (Å²) < 4.78 is 34.1. The van der Waals surface area contributed by atoms with Gasteiger partial charge in [0, 0.05) is 36.3 Å². The standard InChI is InChI=1S/C29H35N5O6S/c1-18-8-6-9-19(2)25(18)23-17-24(35)32-27(31-23)33-41(38,39)22-11-7-10-20(16-22)26(36)30-21-12-14-34(15-13-21)28(37)40-29(3,4)5/h6-11,16-17,21H,12-15H2,1-5H3,(H,30,36)(H2,31,32,33,35). The minimum absolute atomic E-state index is 0.160. The van der Waals surface area contributed by atoms with Gasteiger partial charge in [0.15, 0.2) is 0 Å². The summed E-state index contributed by atoms with van der Waals surface area (Å²) in [5, 5.41) is 2.92. The van der Waals surface area contributed by atoms with E-state index in [1.807, 2.05) is 32.0 Å². The fourth-order valence-electron chi connectivity index (χ4n) is 4.64. The highest BCUT2D eigenvalue weighted by Gasteiger charge is 2.28. The van der Waals surface area contributed by atoms with Gasteiger partial charge in [-0.2, -0.15) is 0 Å². The van der Waals surface area contributed by atoms with Crippen molar-refractivity contribution in [3.63, 3.8) is 0 Å². The van der Waals surface area contributed by atoms with E-state index in [0.29, 0.717) is 31.6 Å². The SMILES string of the molecule is Cc1cccc(C)c1-c1cc(=O)[nH]c(NS(=O)(=O)c2cccc(C(=O)NC3CCN(C(=O)OC(C)(C)C)CC3)c2)n1. The molecule has 3 aromatic rings. The summed E-state index contributed by atoms with van der Waals surface area (Å²) in [5.41, 5.74) is 1.94. The molecule has 0 spiro atoms. The van der Waals surface area contributed by atoms with Gasteiger partial charge in [-0.05, 0) is 76.8 Å². The number of anilines is 1. The predicted molar refractivity (Wildman–Crippen MR) is 155 cm³/mol. The van der Waals surface area contributed by atoms with E-state index in [1.165, 1.54) is 30.3 Å². The average Bonchev–Trinajstić information content (AvgIpc) is 2.87. The van der Waals surface area contributed by atoms with Crippen LogP contribution in [0.2, 0.25) is 0 Å². The van der Waals surface area contributed by atoms with Crippen molar-refractivity contribution >= 4 is 28.0 Å². The zero-order valence-electron chi connectivity index (χ0n) is 23.8. The van der Waals surface area contributed by atoms with E-state index >= 15 is 0 Å². The molecule has 4 rings (SSSR count). The Balaban J connectivity index is 1.45. The lowest BCUT2D eigenvalue weighted by Gasteiger charge is -2.33. The molecule has 0 bridgehead atoms. The first-order valence-electron chi connectivity index (χ1n) is 13.3. The molecule has 0 radical (unpaired) electrons. The zero-order chi connectivity index (χ0) is 29.9. The first kappa shape index (κ1) is 29.8. The van der Waals surface area contributed by atoms with Crippen LogP contribution in [0.1, 0.15) is 55.1 Å². The minimum Gasteiger partial charge on any atom is -0.444 e. The molecule has 3 N–H and O–H groups in total. The molecule has 0 saturated carbocycles. The first-order valence-corrected chi connectivity index (χ1v) is 14.8. The van der Waals surface area contributed by atoms with E-state index < -0.39 is 27.1 Å². The molecule has 1 fully saturated rings. The molecule has 1 saturated heterocycles. The number of nitrogens with one attached hydrogen (secondary N) is 3. The van der Waals surface area contributed by atoms with Crippen LogP contribution >= 0.6 is 0 Å². The van der Waals surface area contributed by atoms with Gasteiger partial charge < -0.3 is 15.0 Å². The van der Waals surface area contributed by atoms with E-state index in [9.17, 15) is 22.8 Å². The second-order valence-electron chi connectivity index (χ2n) is 11.1. The van der Waals surface area contributed by atoms with Crippen LogP contribution in [-0.2, 0) is 14.8 Å². The maximum absolute atomic E-state index is 13.2. The Kier molecular flexibility index (Phi) is 8.52. The summed E-state index contributed by atoms with van der Waals surface area (Å²) in [6.07, 6.45) is 0.698. The van der Waals surface area contributed by atoms with Crippen molar-refractivity contribution in [3.05, 3.63) is 75.6 Å². The predicted octanol–water partition coefficient (Wildman–Crippen LogP) is 3.98. The fraction of sp³-hybridized carbons (Fsp3) is 0.379. The van der Waals surface area contributed by atoms with E-state index in [1.54, 1.807) is 25.7 Å². The number of aryl methyl sites for hydroxylation is 2. The second kappa shape index (κ2) is 11.7. The van der Waals surface area contributed by atoms with Gasteiger partial charge in [0.25, 0.3) is 21.5 Å². The van der Waals surface area contributed by atoms with E-state index in [4.69, 9.17) is 4.74 Å². The van der Waals surface area contributed by atoms with Crippen LogP contribution in [0.25, 0.3) is 11.3 Å². The van der Waals surface area contributed by atoms with Crippen LogP contribution in [0.5, 0.6) is 0 Å². The quantitative estimate of drug-likeness (QED) is 0.398. The molecule has 12 heteroatoms. The molecular weight excluding hydrogens is 546 g/mol. The fourth-order valence-corrected chi connectivity index (χ4v) is 5.65. The third-order valence-corrected chi connectivity index (χ3v) is 7.93. The lowest BCUT2D eigenvalue weighted by Crippen LogP contribution is -2.47. The van der Waals surface area contributed by atoms with E-state index in [-0.39, 0.29) is 28.5 Å². The molecule has 0 atom stereocenters. The number of rotatable bonds is 6. The van der Waals surface area contributed by atoms with Crippen LogP contribution < -0.4 is 15.6 Å². The normalized spacial score (nSPS) is 14.4. The molecule has 0 aliphatic carbocycles. The van der Waals surface area contributed by atoms with Gasteiger partial charge in [-0.15, -0.1) is 0 Å². The lowest BCUT2D eigenvalue weighted by molar-refractivity contribution is 0.0199. The van der Waals surface area contributed by atoms with Gasteiger partial charge in [-0.3, -0.25) is 14.6 Å².